The Morgan fingerprint density at radius 1 is 1.16 bits per heavy atom. The molecule has 0 spiro atoms. The Hall–Kier alpha value is -3.52. The fraction of sp³-hybridized carbons (Fsp3) is 0.333. The van der Waals surface area contributed by atoms with Crippen molar-refractivity contribution < 1.29 is 9.59 Å². The molecule has 3 aromatic rings. The number of carbonyl (C=O) groups excluding carboxylic acids is 2. The van der Waals surface area contributed by atoms with Gasteiger partial charge < -0.3 is 15.5 Å². The van der Waals surface area contributed by atoms with Gasteiger partial charge in [0.05, 0.1) is 11.2 Å². The van der Waals surface area contributed by atoms with Crippen molar-refractivity contribution in [3.05, 3.63) is 54.9 Å². The summed E-state index contributed by atoms with van der Waals surface area (Å²) in [6.07, 6.45) is 6.94. The number of pyridine rings is 1. The minimum absolute atomic E-state index is 0.165. The number of carbonyl (C=O) groups is 2. The number of aromatic nitrogens is 3. The topological polar surface area (TPSA) is 103 Å². The number of hydrogen-bond acceptors (Lipinski definition) is 5. The van der Waals surface area contributed by atoms with Gasteiger partial charge in [-0.05, 0) is 70.1 Å². The molecule has 8 nitrogen and oxygen atoms in total. The number of fused-ring (bicyclic) bond motifs is 1. The van der Waals surface area contributed by atoms with Crippen molar-refractivity contribution >= 4 is 28.4 Å². The lowest BCUT2D eigenvalue weighted by atomic mass is 9.90. The summed E-state index contributed by atoms with van der Waals surface area (Å²) in [6.45, 7) is 3.47. The molecule has 0 saturated heterocycles. The summed E-state index contributed by atoms with van der Waals surface area (Å²) in [5.41, 5.74) is 3.30. The molecule has 1 saturated carbocycles. The first kappa shape index (κ1) is 21.7. The van der Waals surface area contributed by atoms with Gasteiger partial charge in [-0.15, -0.1) is 0 Å². The highest BCUT2D eigenvalue weighted by Gasteiger charge is 2.25. The van der Waals surface area contributed by atoms with E-state index in [-0.39, 0.29) is 17.9 Å². The van der Waals surface area contributed by atoms with Crippen LogP contribution in [0.5, 0.6) is 0 Å². The maximum absolute atomic E-state index is 13.0. The number of H-pyrrole nitrogens is 1. The number of amides is 2. The van der Waals surface area contributed by atoms with Gasteiger partial charge in [-0.3, -0.25) is 19.7 Å². The molecule has 4 rings (SSSR count). The van der Waals surface area contributed by atoms with Crippen LogP contribution in [0.1, 0.15) is 36.2 Å². The van der Waals surface area contributed by atoms with E-state index in [4.69, 9.17) is 0 Å². The highest BCUT2D eigenvalue weighted by atomic mass is 16.2. The van der Waals surface area contributed by atoms with E-state index in [0.29, 0.717) is 23.1 Å². The van der Waals surface area contributed by atoms with Gasteiger partial charge in [-0.2, -0.15) is 5.10 Å². The van der Waals surface area contributed by atoms with Gasteiger partial charge in [-0.25, -0.2) is 0 Å². The number of aromatic amines is 1. The zero-order chi connectivity index (χ0) is 22.7. The Morgan fingerprint density at radius 2 is 1.94 bits per heavy atom. The van der Waals surface area contributed by atoms with Crippen LogP contribution >= 0.6 is 0 Å². The molecule has 1 fully saturated rings. The van der Waals surface area contributed by atoms with Gasteiger partial charge in [0.15, 0.2) is 5.69 Å². The van der Waals surface area contributed by atoms with E-state index in [2.05, 4.69) is 51.4 Å². The van der Waals surface area contributed by atoms with Crippen molar-refractivity contribution in [3.63, 3.8) is 0 Å². The van der Waals surface area contributed by atoms with Crippen molar-refractivity contribution in [2.24, 2.45) is 0 Å². The number of nitrogens with one attached hydrogen (secondary N) is 3. The lowest BCUT2D eigenvalue weighted by Gasteiger charge is -2.32. The quantitative estimate of drug-likeness (QED) is 0.519. The number of hydrogen-bond donors (Lipinski definition) is 3. The molecule has 1 aromatic carbocycles. The Labute approximate surface area is 187 Å². The molecular formula is C24H28N6O2. The minimum Gasteiger partial charge on any atom is -0.348 e. The van der Waals surface area contributed by atoms with Crippen LogP contribution in [0.15, 0.2) is 49.2 Å². The third kappa shape index (κ3) is 4.70. The van der Waals surface area contributed by atoms with Crippen molar-refractivity contribution in [2.45, 2.75) is 37.8 Å². The first-order chi connectivity index (χ1) is 15.4. The van der Waals surface area contributed by atoms with Crippen LogP contribution in [-0.4, -0.2) is 58.1 Å². The average molecular weight is 433 g/mol. The van der Waals surface area contributed by atoms with Crippen molar-refractivity contribution in [3.8, 4) is 11.3 Å². The minimum atomic E-state index is -0.286. The fourth-order valence-corrected chi connectivity index (χ4v) is 4.20. The highest BCUT2D eigenvalue weighted by Crippen LogP contribution is 2.27. The molecule has 8 heteroatoms. The van der Waals surface area contributed by atoms with Gasteiger partial charge in [0.2, 0.25) is 5.91 Å². The van der Waals surface area contributed by atoms with E-state index in [1.54, 1.807) is 18.3 Å². The second kappa shape index (κ2) is 9.32. The van der Waals surface area contributed by atoms with Gasteiger partial charge in [0, 0.05) is 34.9 Å². The van der Waals surface area contributed by atoms with Crippen molar-refractivity contribution in [1.29, 1.82) is 0 Å². The molecule has 2 heterocycles. The smallest absolute Gasteiger partial charge is 0.272 e. The van der Waals surface area contributed by atoms with E-state index < -0.39 is 0 Å². The van der Waals surface area contributed by atoms with Gasteiger partial charge in [0.1, 0.15) is 0 Å². The maximum atomic E-state index is 13.0. The van der Waals surface area contributed by atoms with Gasteiger partial charge in [-0.1, -0.05) is 12.6 Å². The summed E-state index contributed by atoms with van der Waals surface area (Å²) in [7, 11) is 4.21. The predicted octanol–water partition coefficient (Wildman–Crippen LogP) is 3.35. The number of benzene rings is 1. The molecule has 2 amide bonds. The Kier molecular flexibility index (Phi) is 6.32. The van der Waals surface area contributed by atoms with Crippen LogP contribution in [0.3, 0.4) is 0 Å². The lowest BCUT2D eigenvalue weighted by Crippen LogP contribution is -2.41. The van der Waals surface area contributed by atoms with E-state index >= 15 is 0 Å². The van der Waals surface area contributed by atoms with Crippen LogP contribution in [0.2, 0.25) is 0 Å². The Balaban J connectivity index is 1.53. The van der Waals surface area contributed by atoms with Crippen molar-refractivity contribution in [2.75, 3.05) is 19.4 Å². The molecule has 1 aliphatic carbocycles. The van der Waals surface area contributed by atoms with Crippen LogP contribution in [-0.2, 0) is 4.79 Å². The maximum Gasteiger partial charge on any atom is 0.272 e. The number of nitrogens with zero attached hydrogens (tertiary/aromatic N) is 3. The summed E-state index contributed by atoms with van der Waals surface area (Å²) >= 11 is 0. The summed E-state index contributed by atoms with van der Waals surface area (Å²) in [6, 6.07) is 9.94. The second-order valence-corrected chi connectivity index (χ2v) is 8.40. The van der Waals surface area contributed by atoms with Crippen LogP contribution in [0.25, 0.3) is 22.2 Å². The van der Waals surface area contributed by atoms with Gasteiger partial charge in [0.25, 0.3) is 5.91 Å². The van der Waals surface area contributed by atoms with E-state index in [1.165, 1.54) is 6.08 Å². The Bertz CT molecular complexity index is 1140. The van der Waals surface area contributed by atoms with Gasteiger partial charge >= 0.3 is 0 Å². The molecule has 0 unspecified atom stereocenters. The number of rotatable bonds is 6. The van der Waals surface area contributed by atoms with Crippen molar-refractivity contribution in [1.82, 2.24) is 25.4 Å². The second-order valence-electron chi connectivity index (χ2n) is 8.40. The highest BCUT2D eigenvalue weighted by molar-refractivity contribution is 6.05. The Morgan fingerprint density at radius 3 is 2.66 bits per heavy atom. The monoisotopic (exact) mass is 432 g/mol. The molecule has 166 valence electrons. The zero-order valence-corrected chi connectivity index (χ0v) is 18.4. The first-order valence-electron chi connectivity index (χ1n) is 10.8. The first-order valence-corrected chi connectivity index (χ1v) is 10.8. The SMILES string of the molecule is C=CC(=O)Nc1ccnc(-c2ccc3[nH]nc(C(=O)NC4CCC(N(C)C)CC4)c3c2)c1. The predicted molar refractivity (Wildman–Crippen MR) is 125 cm³/mol. The molecule has 0 bridgehead atoms. The molecule has 0 radical (unpaired) electrons. The van der Waals surface area contributed by atoms with Crippen LogP contribution in [0, 0.1) is 0 Å². The third-order valence-corrected chi connectivity index (χ3v) is 6.05. The van der Waals surface area contributed by atoms with Crippen LogP contribution < -0.4 is 10.6 Å². The van der Waals surface area contributed by atoms with E-state index in [1.807, 2.05) is 18.2 Å². The molecule has 1 aliphatic rings. The standard InChI is InChI=1S/C24H28N6O2/c1-4-22(31)26-17-11-12-25-21(14-17)15-5-10-20-19(13-15)23(29-28-20)24(32)27-16-6-8-18(9-7-16)30(2)3/h4-5,10-14,16,18H,1,6-9H2,2-3H3,(H,27,32)(H,28,29)(H,25,26,31). The van der Waals surface area contributed by atoms with E-state index in [9.17, 15) is 9.59 Å². The summed E-state index contributed by atoms with van der Waals surface area (Å²) in [5.74, 6) is -0.451. The zero-order valence-electron chi connectivity index (χ0n) is 18.4. The molecular weight excluding hydrogens is 404 g/mol. The summed E-state index contributed by atoms with van der Waals surface area (Å²) in [5, 5.41) is 13.9. The molecule has 2 aromatic heterocycles. The molecule has 0 aliphatic heterocycles. The fourth-order valence-electron chi connectivity index (χ4n) is 4.20. The molecule has 0 atom stereocenters. The number of anilines is 1. The van der Waals surface area contributed by atoms with E-state index in [0.717, 1.165) is 42.1 Å². The summed E-state index contributed by atoms with van der Waals surface area (Å²) in [4.78, 5) is 31.2. The normalized spacial score (nSPS) is 18.5. The molecule has 32 heavy (non-hydrogen) atoms. The largest absolute Gasteiger partial charge is 0.348 e. The lowest BCUT2D eigenvalue weighted by molar-refractivity contribution is -0.111. The molecule has 3 N–H and O–H groups in total. The summed E-state index contributed by atoms with van der Waals surface area (Å²) < 4.78 is 0. The third-order valence-electron chi connectivity index (χ3n) is 6.05. The van der Waals surface area contributed by atoms with Crippen LogP contribution in [0.4, 0.5) is 5.69 Å². The average Bonchev–Trinajstić information content (AvgIpc) is 3.23.